The topological polar surface area (TPSA) is 46.5 Å². The normalized spacial score (nSPS) is 9.69. The van der Waals surface area contributed by atoms with Gasteiger partial charge in [-0.15, -0.1) is 0 Å². The molecular weight excluding hydrogens is 192 g/mol. The van der Waals surface area contributed by atoms with Crippen molar-refractivity contribution in [3.8, 4) is 5.75 Å². The molecule has 0 aliphatic heterocycles. The summed E-state index contributed by atoms with van der Waals surface area (Å²) in [5.74, 6) is 0.473. The molecule has 0 atom stereocenters. The fourth-order valence-corrected chi connectivity index (χ4v) is 1.11. The van der Waals surface area contributed by atoms with Gasteiger partial charge in [-0.1, -0.05) is 11.6 Å². The van der Waals surface area contributed by atoms with E-state index in [2.05, 4.69) is 0 Å². The number of ether oxygens (including phenoxy) is 1. The molecule has 0 heterocycles. The van der Waals surface area contributed by atoms with Crippen molar-refractivity contribution in [1.82, 2.24) is 0 Å². The molecule has 1 rings (SSSR count). The summed E-state index contributed by atoms with van der Waals surface area (Å²) < 4.78 is 5.09. The molecule has 0 spiro atoms. The van der Waals surface area contributed by atoms with Crippen LogP contribution in [0.2, 0.25) is 5.02 Å². The summed E-state index contributed by atoms with van der Waals surface area (Å²) in [5, 5.41) is 8.87. The molecule has 1 aromatic carbocycles. The van der Waals surface area contributed by atoms with E-state index in [0.717, 1.165) is 0 Å². The molecule has 0 aromatic heterocycles. The van der Waals surface area contributed by atoms with Crippen molar-refractivity contribution in [3.05, 3.63) is 28.8 Å². The number of halogens is 1. The van der Waals surface area contributed by atoms with Crippen molar-refractivity contribution in [2.24, 2.45) is 0 Å². The van der Waals surface area contributed by atoms with Gasteiger partial charge in [0.25, 0.3) is 0 Å². The van der Waals surface area contributed by atoms with E-state index in [1.165, 1.54) is 6.07 Å². The molecule has 1 N–H and O–H groups in total. The third kappa shape index (κ3) is 2.72. The molecular formula is C9H9ClO3. The van der Waals surface area contributed by atoms with Crippen LogP contribution in [0.3, 0.4) is 0 Å². The van der Waals surface area contributed by atoms with Crippen molar-refractivity contribution in [1.29, 1.82) is 0 Å². The molecule has 0 saturated carbocycles. The molecule has 0 saturated heterocycles. The fraction of sp³-hybridized carbons (Fsp3) is 0.222. The minimum absolute atomic E-state index is 0.0637. The van der Waals surface area contributed by atoms with E-state index in [9.17, 15) is 4.79 Å². The van der Waals surface area contributed by atoms with E-state index < -0.39 is 0 Å². The molecule has 0 aliphatic rings. The lowest BCUT2D eigenvalue weighted by Gasteiger charge is -2.05. The van der Waals surface area contributed by atoms with Crippen LogP contribution in [0.25, 0.3) is 0 Å². The predicted octanol–water partition coefficient (Wildman–Crippen LogP) is 1.52. The highest BCUT2D eigenvalue weighted by Crippen LogP contribution is 2.24. The predicted molar refractivity (Wildman–Crippen MR) is 49.4 cm³/mol. The maximum Gasteiger partial charge on any atom is 0.150 e. The van der Waals surface area contributed by atoms with E-state index >= 15 is 0 Å². The molecule has 70 valence electrons. The number of hydrogen-bond donors (Lipinski definition) is 1. The Bertz CT molecular complexity index is 299. The van der Waals surface area contributed by atoms with Gasteiger partial charge < -0.3 is 9.84 Å². The summed E-state index contributed by atoms with van der Waals surface area (Å²) in [5.41, 5.74) is 0.501. The number of rotatable bonds is 4. The number of aldehydes is 1. The van der Waals surface area contributed by atoms with Crippen LogP contribution < -0.4 is 4.74 Å². The second kappa shape index (κ2) is 4.84. The second-order valence-electron chi connectivity index (χ2n) is 2.38. The SMILES string of the molecule is O=Cc1ccc(OCCO)c(Cl)c1. The van der Waals surface area contributed by atoms with Crippen LogP contribution in [-0.4, -0.2) is 24.6 Å². The van der Waals surface area contributed by atoms with Gasteiger partial charge in [0, 0.05) is 5.56 Å². The highest BCUT2D eigenvalue weighted by Gasteiger charge is 2.01. The lowest BCUT2D eigenvalue weighted by molar-refractivity contribution is 0.112. The summed E-state index contributed by atoms with van der Waals surface area (Å²) in [4.78, 5) is 10.3. The zero-order valence-electron chi connectivity index (χ0n) is 6.87. The first-order valence-electron chi connectivity index (χ1n) is 3.76. The molecule has 13 heavy (non-hydrogen) atoms. The van der Waals surface area contributed by atoms with Gasteiger partial charge in [0.2, 0.25) is 0 Å². The number of aliphatic hydroxyl groups is 1. The largest absolute Gasteiger partial charge is 0.490 e. The van der Waals surface area contributed by atoms with Crippen molar-refractivity contribution in [3.63, 3.8) is 0 Å². The smallest absolute Gasteiger partial charge is 0.150 e. The lowest BCUT2D eigenvalue weighted by atomic mass is 10.2. The Kier molecular flexibility index (Phi) is 3.73. The van der Waals surface area contributed by atoms with E-state index in [1.807, 2.05) is 0 Å². The zero-order chi connectivity index (χ0) is 9.68. The van der Waals surface area contributed by atoms with E-state index in [4.69, 9.17) is 21.4 Å². The van der Waals surface area contributed by atoms with Crippen molar-refractivity contribution < 1.29 is 14.6 Å². The van der Waals surface area contributed by atoms with Gasteiger partial charge in [-0.3, -0.25) is 4.79 Å². The van der Waals surface area contributed by atoms with Gasteiger partial charge in [0.1, 0.15) is 18.6 Å². The van der Waals surface area contributed by atoms with E-state index in [-0.39, 0.29) is 13.2 Å². The fourth-order valence-electron chi connectivity index (χ4n) is 0.863. The highest BCUT2D eigenvalue weighted by atomic mass is 35.5. The summed E-state index contributed by atoms with van der Waals surface area (Å²) >= 11 is 5.78. The molecule has 4 heteroatoms. The van der Waals surface area contributed by atoms with E-state index in [0.29, 0.717) is 22.6 Å². The van der Waals surface area contributed by atoms with E-state index in [1.54, 1.807) is 12.1 Å². The number of carbonyl (C=O) groups is 1. The molecule has 0 radical (unpaired) electrons. The van der Waals surface area contributed by atoms with Gasteiger partial charge in [0.05, 0.1) is 11.6 Å². The first kappa shape index (κ1) is 10.0. The maximum absolute atomic E-state index is 10.3. The Balaban J connectivity index is 2.79. The summed E-state index contributed by atoms with van der Waals surface area (Å²) in [7, 11) is 0. The van der Waals surface area contributed by atoms with Crippen molar-refractivity contribution in [2.45, 2.75) is 0 Å². The average Bonchev–Trinajstić information content (AvgIpc) is 2.16. The van der Waals surface area contributed by atoms with Crippen molar-refractivity contribution >= 4 is 17.9 Å². The van der Waals surface area contributed by atoms with Crippen LogP contribution in [-0.2, 0) is 0 Å². The summed E-state index contributed by atoms with van der Waals surface area (Å²) in [6.45, 7) is 0.131. The van der Waals surface area contributed by atoms with Gasteiger partial charge >= 0.3 is 0 Å². The molecule has 1 aromatic rings. The quantitative estimate of drug-likeness (QED) is 0.750. The third-order valence-electron chi connectivity index (χ3n) is 1.44. The first-order chi connectivity index (χ1) is 6.27. The van der Waals surface area contributed by atoms with Gasteiger partial charge in [-0.25, -0.2) is 0 Å². The van der Waals surface area contributed by atoms with Crippen LogP contribution in [0.1, 0.15) is 10.4 Å². The maximum atomic E-state index is 10.3. The van der Waals surface area contributed by atoms with Crippen LogP contribution in [0, 0.1) is 0 Å². The Morgan fingerprint density at radius 3 is 2.85 bits per heavy atom. The molecule has 0 fully saturated rings. The minimum atomic E-state index is -0.0637. The summed E-state index contributed by atoms with van der Waals surface area (Å²) in [6.07, 6.45) is 0.710. The molecule has 0 bridgehead atoms. The molecule has 0 unspecified atom stereocenters. The van der Waals surface area contributed by atoms with Crippen LogP contribution >= 0.6 is 11.6 Å². The molecule has 0 aliphatic carbocycles. The lowest BCUT2D eigenvalue weighted by Crippen LogP contribution is -2.02. The van der Waals surface area contributed by atoms with Crippen LogP contribution in [0.4, 0.5) is 0 Å². The van der Waals surface area contributed by atoms with Gasteiger partial charge in [-0.2, -0.15) is 0 Å². The summed E-state index contributed by atoms with van der Waals surface area (Å²) in [6, 6.07) is 4.72. The minimum Gasteiger partial charge on any atom is -0.490 e. The zero-order valence-corrected chi connectivity index (χ0v) is 7.62. The molecule has 0 amide bonds. The highest BCUT2D eigenvalue weighted by molar-refractivity contribution is 6.32. The Labute approximate surface area is 80.9 Å². The number of aliphatic hydroxyl groups excluding tert-OH is 1. The van der Waals surface area contributed by atoms with Crippen LogP contribution in [0.5, 0.6) is 5.75 Å². The number of hydrogen-bond acceptors (Lipinski definition) is 3. The average molecular weight is 201 g/mol. The van der Waals surface area contributed by atoms with Gasteiger partial charge in [0.15, 0.2) is 0 Å². The monoisotopic (exact) mass is 200 g/mol. The van der Waals surface area contributed by atoms with Gasteiger partial charge in [-0.05, 0) is 18.2 Å². The first-order valence-corrected chi connectivity index (χ1v) is 4.14. The van der Waals surface area contributed by atoms with Crippen molar-refractivity contribution in [2.75, 3.05) is 13.2 Å². The number of benzene rings is 1. The Morgan fingerprint density at radius 1 is 1.54 bits per heavy atom. The Hall–Kier alpha value is -1.06. The second-order valence-corrected chi connectivity index (χ2v) is 2.79. The Morgan fingerprint density at radius 2 is 2.31 bits per heavy atom. The standard InChI is InChI=1S/C9H9ClO3/c10-8-5-7(6-12)1-2-9(8)13-4-3-11/h1-2,5-6,11H,3-4H2. The third-order valence-corrected chi connectivity index (χ3v) is 1.74. The molecule has 3 nitrogen and oxygen atoms in total. The van der Waals surface area contributed by atoms with Crippen LogP contribution in [0.15, 0.2) is 18.2 Å². The number of carbonyl (C=O) groups excluding carboxylic acids is 1.